The Morgan fingerprint density at radius 3 is 1.71 bits per heavy atom. The van der Waals surface area contributed by atoms with Gasteiger partial charge in [0.15, 0.2) is 23.0 Å². The maximum absolute atomic E-state index is 13.7. The predicted molar refractivity (Wildman–Crippen MR) is 130 cm³/mol. The number of amides is 1. The van der Waals surface area contributed by atoms with Crippen LogP contribution < -0.4 is 28.6 Å². The van der Waals surface area contributed by atoms with Gasteiger partial charge in [0.05, 0.1) is 53.3 Å². The zero-order valence-corrected chi connectivity index (χ0v) is 20.2. The molecule has 35 heavy (non-hydrogen) atoms. The topological polar surface area (TPSA) is 104 Å². The number of hydrogen-bond donors (Lipinski definition) is 1. The molecule has 0 atom stereocenters. The Morgan fingerprint density at radius 1 is 0.686 bits per heavy atom. The normalized spacial score (nSPS) is 10.3. The molecule has 3 rings (SSSR count). The maximum atomic E-state index is 13.7. The molecule has 0 aliphatic carbocycles. The average Bonchev–Trinajstić information content (AvgIpc) is 2.90. The molecule has 0 heterocycles. The van der Waals surface area contributed by atoms with Gasteiger partial charge in [-0.05, 0) is 42.0 Å². The fourth-order valence-corrected chi connectivity index (χ4v) is 3.58. The summed E-state index contributed by atoms with van der Waals surface area (Å²) in [4.78, 5) is 26.4. The highest BCUT2D eigenvalue weighted by atomic mass is 16.5. The number of nitrogens with zero attached hydrogens (tertiary/aromatic N) is 1. The second-order valence-corrected chi connectivity index (χ2v) is 7.35. The van der Waals surface area contributed by atoms with E-state index in [0.717, 1.165) is 5.56 Å². The third-order valence-corrected chi connectivity index (χ3v) is 5.37. The van der Waals surface area contributed by atoms with Gasteiger partial charge < -0.3 is 33.7 Å². The molecule has 9 nitrogen and oxygen atoms in total. The molecule has 1 N–H and O–H groups in total. The molecular formula is C26H27NO8. The predicted octanol–water partition coefficient (Wildman–Crippen LogP) is 4.27. The van der Waals surface area contributed by atoms with Crippen molar-refractivity contribution in [3.05, 3.63) is 71.3 Å². The molecule has 0 radical (unpaired) electrons. The van der Waals surface area contributed by atoms with Gasteiger partial charge in [0.25, 0.3) is 5.91 Å². The van der Waals surface area contributed by atoms with Crippen LogP contribution in [0.5, 0.6) is 28.7 Å². The van der Waals surface area contributed by atoms with Crippen LogP contribution in [0.2, 0.25) is 0 Å². The summed E-state index contributed by atoms with van der Waals surface area (Å²) >= 11 is 0. The van der Waals surface area contributed by atoms with Gasteiger partial charge >= 0.3 is 5.97 Å². The Balaban J connectivity index is 2.12. The fraction of sp³-hybridized carbons (Fsp3) is 0.231. The van der Waals surface area contributed by atoms with E-state index < -0.39 is 5.97 Å². The fourth-order valence-electron chi connectivity index (χ4n) is 3.58. The maximum Gasteiger partial charge on any atom is 0.335 e. The summed E-state index contributed by atoms with van der Waals surface area (Å²) in [5.41, 5.74) is 1.65. The third-order valence-electron chi connectivity index (χ3n) is 5.37. The van der Waals surface area contributed by atoms with Crippen LogP contribution in [0.4, 0.5) is 5.69 Å². The van der Waals surface area contributed by atoms with Crippen molar-refractivity contribution in [2.24, 2.45) is 0 Å². The number of hydrogen-bond acceptors (Lipinski definition) is 7. The molecular weight excluding hydrogens is 454 g/mol. The summed E-state index contributed by atoms with van der Waals surface area (Å²) in [6.07, 6.45) is 0. The Morgan fingerprint density at radius 2 is 1.23 bits per heavy atom. The minimum absolute atomic E-state index is 0.0841. The van der Waals surface area contributed by atoms with E-state index in [-0.39, 0.29) is 18.0 Å². The molecule has 0 fully saturated rings. The van der Waals surface area contributed by atoms with Crippen LogP contribution in [0.25, 0.3) is 0 Å². The van der Waals surface area contributed by atoms with Gasteiger partial charge in [0, 0.05) is 17.7 Å². The van der Waals surface area contributed by atoms with Crippen LogP contribution in [0.1, 0.15) is 26.3 Å². The van der Waals surface area contributed by atoms with Gasteiger partial charge in [0.2, 0.25) is 5.75 Å². The number of anilines is 1. The van der Waals surface area contributed by atoms with Crippen molar-refractivity contribution in [3.8, 4) is 28.7 Å². The van der Waals surface area contributed by atoms with Gasteiger partial charge in [-0.15, -0.1) is 0 Å². The monoisotopic (exact) mass is 481 g/mol. The highest BCUT2D eigenvalue weighted by molar-refractivity contribution is 6.06. The van der Waals surface area contributed by atoms with E-state index in [2.05, 4.69) is 0 Å². The second kappa shape index (κ2) is 11.1. The van der Waals surface area contributed by atoms with Gasteiger partial charge in [-0.1, -0.05) is 6.07 Å². The Hall–Kier alpha value is -4.40. The number of ether oxygens (including phenoxy) is 5. The number of carboxylic acids is 1. The van der Waals surface area contributed by atoms with Crippen molar-refractivity contribution in [2.45, 2.75) is 6.54 Å². The van der Waals surface area contributed by atoms with Crippen molar-refractivity contribution >= 4 is 17.6 Å². The lowest BCUT2D eigenvalue weighted by molar-refractivity contribution is 0.0696. The lowest BCUT2D eigenvalue weighted by atomic mass is 10.1. The van der Waals surface area contributed by atoms with E-state index in [0.29, 0.717) is 40.0 Å². The van der Waals surface area contributed by atoms with E-state index in [9.17, 15) is 14.7 Å². The summed E-state index contributed by atoms with van der Waals surface area (Å²) < 4.78 is 27.1. The van der Waals surface area contributed by atoms with Crippen LogP contribution in [0.15, 0.2) is 54.6 Å². The van der Waals surface area contributed by atoms with Gasteiger partial charge in [-0.2, -0.15) is 0 Å². The van der Waals surface area contributed by atoms with Crippen molar-refractivity contribution in [3.63, 3.8) is 0 Å². The van der Waals surface area contributed by atoms with Crippen LogP contribution in [-0.4, -0.2) is 52.5 Å². The van der Waals surface area contributed by atoms with E-state index in [4.69, 9.17) is 23.7 Å². The van der Waals surface area contributed by atoms with Crippen molar-refractivity contribution in [1.82, 2.24) is 0 Å². The Labute approximate surface area is 203 Å². The minimum atomic E-state index is -1.07. The first-order valence-corrected chi connectivity index (χ1v) is 10.5. The molecule has 1 amide bonds. The molecule has 0 aliphatic rings. The van der Waals surface area contributed by atoms with Crippen LogP contribution >= 0.6 is 0 Å². The molecule has 0 saturated carbocycles. The van der Waals surface area contributed by atoms with E-state index in [1.165, 1.54) is 57.6 Å². The molecule has 9 heteroatoms. The summed E-state index contributed by atoms with van der Waals surface area (Å²) in [6.45, 7) is 0.165. The molecule has 3 aromatic rings. The number of benzene rings is 3. The second-order valence-electron chi connectivity index (χ2n) is 7.35. The molecule has 0 aromatic heterocycles. The van der Waals surface area contributed by atoms with Crippen LogP contribution in [-0.2, 0) is 6.54 Å². The summed E-state index contributed by atoms with van der Waals surface area (Å²) in [5.74, 6) is 0.811. The van der Waals surface area contributed by atoms with Crippen molar-refractivity contribution in [2.75, 3.05) is 40.4 Å². The van der Waals surface area contributed by atoms with Crippen molar-refractivity contribution < 1.29 is 38.4 Å². The SMILES string of the molecule is COc1ccc(CN(C(=O)c2ccc(C(=O)O)cc2)c2cc(OC)c(OC)c(OC)c2)cc1OC. The quantitative estimate of drug-likeness (QED) is 0.458. The Kier molecular flexibility index (Phi) is 8.04. The molecule has 3 aromatic carbocycles. The summed E-state index contributed by atoms with van der Waals surface area (Å²) in [6, 6.07) is 14.4. The van der Waals surface area contributed by atoms with E-state index in [1.54, 1.807) is 31.4 Å². The van der Waals surface area contributed by atoms with Gasteiger partial charge in [0.1, 0.15) is 0 Å². The molecule has 0 aliphatic heterocycles. The first-order chi connectivity index (χ1) is 16.9. The highest BCUT2D eigenvalue weighted by Gasteiger charge is 2.23. The third kappa shape index (κ3) is 5.40. The van der Waals surface area contributed by atoms with E-state index >= 15 is 0 Å². The summed E-state index contributed by atoms with van der Waals surface area (Å²) in [7, 11) is 7.56. The molecule has 0 unspecified atom stereocenters. The zero-order valence-electron chi connectivity index (χ0n) is 20.2. The molecule has 0 spiro atoms. The molecule has 0 bridgehead atoms. The average molecular weight is 482 g/mol. The molecule has 0 saturated heterocycles. The van der Waals surface area contributed by atoms with Gasteiger partial charge in [-0.25, -0.2) is 4.79 Å². The smallest absolute Gasteiger partial charge is 0.335 e. The lowest BCUT2D eigenvalue weighted by Crippen LogP contribution is -2.30. The first-order valence-electron chi connectivity index (χ1n) is 10.5. The lowest BCUT2D eigenvalue weighted by Gasteiger charge is -2.25. The number of carbonyl (C=O) groups excluding carboxylic acids is 1. The van der Waals surface area contributed by atoms with Crippen molar-refractivity contribution in [1.29, 1.82) is 0 Å². The number of rotatable bonds is 10. The molecule has 184 valence electrons. The van der Waals surface area contributed by atoms with Crippen LogP contribution in [0.3, 0.4) is 0 Å². The number of carbonyl (C=O) groups is 2. The van der Waals surface area contributed by atoms with Gasteiger partial charge in [-0.3, -0.25) is 4.79 Å². The number of methoxy groups -OCH3 is 5. The minimum Gasteiger partial charge on any atom is -0.493 e. The summed E-state index contributed by atoms with van der Waals surface area (Å²) in [5, 5.41) is 9.20. The first kappa shape index (κ1) is 25.2. The zero-order chi connectivity index (χ0) is 25.5. The largest absolute Gasteiger partial charge is 0.493 e. The number of carboxylic acid groups (broad SMARTS) is 1. The standard InChI is InChI=1S/C26H27NO8/c1-31-20-11-6-16(12-21(20)32-2)15-27(25(28)17-7-9-18(10-8-17)26(29)30)19-13-22(33-3)24(35-5)23(14-19)34-4/h6-14H,15H2,1-5H3,(H,29,30). The number of aromatic carboxylic acids is 1. The van der Waals surface area contributed by atoms with Crippen LogP contribution in [0, 0.1) is 0 Å². The highest BCUT2D eigenvalue weighted by Crippen LogP contribution is 2.42. The van der Waals surface area contributed by atoms with E-state index in [1.807, 2.05) is 6.07 Å². The Bertz CT molecular complexity index is 1180.